The molecule has 9 heteroatoms. The van der Waals surface area contributed by atoms with Crippen molar-refractivity contribution in [1.29, 1.82) is 0 Å². The Balaban J connectivity index is 1.83. The van der Waals surface area contributed by atoms with Gasteiger partial charge in [0.25, 0.3) is 0 Å². The van der Waals surface area contributed by atoms with E-state index in [0.717, 1.165) is 5.56 Å². The van der Waals surface area contributed by atoms with Crippen molar-refractivity contribution < 1.29 is 5.11 Å². The van der Waals surface area contributed by atoms with Gasteiger partial charge in [0.2, 0.25) is 5.95 Å². The minimum absolute atomic E-state index is 0.345. The van der Waals surface area contributed by atoms with Gasteiger partial charge >= 0.3 is 0 Å². The number of anilines is 3. The van der Waals surface area contributed by atoms with Gasteiger partial charge in [-0.25, -0.2) is 5.10 Å². The zero-order valence-corrected chi connectivity index (χ0v) is 12.6. The Morgan fingerprint density at radius 2 is 2.09 bits per heavy atom. The van der Waals surface area contributed by atoms with Crippen molar-refractivity contribution in [1.82, 2.24) is 25.4 Å². The fourth-order valence-corrected chi connectivity index (χ4v) is 2.07. The fraction of sp³-hybridized carbons (Fsp3) is 0.286. The Morgan fingerprint density at radius 3 is 2.87 bits per heavy atom. The lowest BCUT2D eigenvalue weighted by Crippen LogP contribution is -2.17. The van der Waals surface area contributed by atoms with Crippen LogP contribution in [0.1, 0.15) is 12.5 Å². The average molecular weight is 314 g/mol. The van der Waals surface area contributed by atoms with Gasteiger partial charge in [0.1, 0.15) is 0 Å². The third-order valence-electron chi connectivity index (χ3n) is 3.25. The number of nitrogens with two attached hydrogens (primary N) is 1. The maximum absolute atomic E-state index is 9.36. The van der Waals surface area contributed by atoms with E-state index in [0.29, 0.717) is 41.7 Å². The number of aromatic nitrogens is 5. The number of fused-ring (bicyclic) bond motifs is 1. The molecule has 0 saturated carbocycles. The molecule has 1 aromatic carbocycles. The molecule has 0 aliphatic heterocycles. The number of hydrogen-bond acceptors (Lipinski definition) is 8. The molecule has 0 spiro atoms. The first-order valence-corrected chi connectivity index (χ1v) is 7.21. The van der Waals surface area contributed by atoms with Gasteiger partial charge in [-0.1, -0.05) is 23.4 Å². The first-order valence-electron chi connectivity index (χ1n) is 7.21. The summed E-state index contributed by atoms with van der Waals surface area (Å²) in [6.45, 7) is 2.53. The molecule has 9 nitrogen and oxygen atoms in total. The lowest BCUT2D eigenvalue weighted by Gasteiger charge is -2.11. The summed E-state index contributed by atoms with van der Waals surface area (Å²) in [6, 6.07) is 7.60. The Bertz CT molecular complexity index is 800. The highest BCUT2D eigenvalue weighted by atomic mass is 16.3. The van der Waals surface area contributed by atoms with E-state index in [4.69, 9.17) is 5.73 Å². The maximum atomic E-state index is 9.36. The lowest BCUT2D eigenvalue weighted by molar-refractivity contribution is 0.208. The molecule has 0 aliphatic rings. The van der Waals surface area contributed by atoms with Gasteiger partial charge in [0, 0.05) is 18.8 Å². The molecule has 1 unspecified atom stereocenters. The van der Waals surface area contributed by atoms with Crippen molar-refractivity contribution in [3.63, 3.8) is 0 Å². The number of nitrogens with zero attached hydrogens (tertiary/aromatic N) is 4. The van der Waals surface area contributed by atoms with E-state index in [-0.39, 0.29) is 0 Å². The summed E-state index contributed by atoms with van der Waals surface area (Å²) < 4.78 is 0. The lowest BCUT2D eigenvalue weighted by atomic mass is 10.2. The van der Waals surface area contributed by atoms with E-state index in [1.54, 1.807) is 6.92 Å². The smallest absolute Gasteiger partial charge is 0.226 e. The topological polar surface area (TPSA) is 138 Å². The molecule has 0 aliphatic carbocycles. The fourth-order valence-electron chi connectivity index (χ4n) is 2.07. The molecule has 0 saturated heterocycles. The van der Waals surface area contributed by atoms with Crippen LogP contribution in [-0.4, -0.2) is 43.1 Å². The zero-order valence-electron chi connectivity index (χ0n) is 12.6. The molecule has 120 valence electrons. The van der Waals surface area contributed by atoms with Gasteiger partial charge in [-0.05, 0) is 18.6 Å². The number of benzene rings is 1. The van der Waals surface area contributed by atoms with Crippen LogP contribution in [0.4, 0.5) is 17.5 Å². The van der Waals surface area contributed by atoms with Crippen LogP contribution in [0.3, 0.4) is 0 Å². The molecule has 6 N–H and O–H groups in total. The third kappa shape index (κ3) is 3.46. The summed E-state index contributed by atoms with van der Waals surface area (Å²) >= 11 is 0. The van der Waals surface area contributed by atoms with Crippen molar-refractivity contribution in [3.05, 3.63) is 29.8 Å². The summed E-state index contributed by atoms with van der Waals surface area (Å²) in [5.74, 6) is 0.924. The van der Waals surface area contributed by atoms with Gasteiger partial charge in [0.05, 0.1) is 6.10 Å². The third-order valence-corrected chi connectivity index (χ3v) is 3.25. The highest BCUT2D eigenvalue weighted by Crippen LogP contribution is 2.20. The van der Waals surface area contributed by atoms with E-state index < -0.39 is 6.10 Å². The molecular formula is C14H18N8O. The molecule has 0 radical (unpaired) electrons. The second kappa shape index (κ2) is 6.44. The Kier molecular flexibility index (Phi) is 4.20. The predicted molar refractivity (Wildman–Crippen MR) is 87.8 cm³/mol. The minimum atomic E-state index is -0.505. The largest absolute Gasteiger partial charge is 0.398 e. The predicted octanol–water partition coefficient (Wildman–Crippen LogP) is 0.735. The van der Waals surface area contributed by atoms with E-state index in [2.05, 4.69) is 36.0 Å². The number of aliphatic hydroxyl groups excluding tert-OH is 1. The molecule has 0 amide bonds. The number of para-hydroxylation sites is 1. The van der Waals surface area contributed by atoms with E-state index in [1.165, 1.54) is 0 Å². The van der Waals surface area contributed by atoms with Crippen molar-refractivity contribution in [2.24, 2.45) is 0 Å². The number of nitrogen functional groups attached to an aromatic ring is 1. The van der Waals surface area contributed by atoms with Gasteiger partial charge in [-0.3, -0.25) is 0 Å². The second-order valence-electron chi connectivity index (χ2n) is 5.19. The minimum Gasteiger partial charge on any atom is -0.398 e. The van der Waals surface area contributed by atoms with Crippen LogP contribution in [0.2, 0.25) is 0 Å². The SMILES string of the molecule is CC(O)CNc1nc(NCc2ccccc2N)c2nn[nH]c2n1. The first kappa shape index (κ1) is 15.0. The van der Waals surface area contributed by atoms with Crippen molar-refractivity contribution in [3.8, 4) is 0 Å². The Labute approximate surface area is 132 Å². The normalized spacial score (nSPS) is 12.3. The number of aromatic amines is 1. The molecule has 0 fully saturated rings. The monoisotopic (exact) mass is 314 g/mol. The molecule has 2 heterocycles. The number of aliphatic hydroxyl groups is 1. The highest BCUT2D eigenvalue weighted by Gasteiger charge is 2.11. The molecule has 23 heavy (non-hydrogen) atoms. The molecule has 3 aromatic rings. The van der Waals surface area contributed by atoms with E-state index in [1.807, 2.05) is 24.3 Å². The zero-order chi connectivity index (χ0) is 16.2. The van der Waals surface area contributed by atoms with Crippen molar-refractivity contribution in [2.45, 2.75) is 19.6 Å². The standard InChI is InChI=1S/C14H18N8O/c1-8(23)6-17-14-18-12(11-13(19-14)21-22-20-11)16-7-9-4-2-3-5-10(9)15/h2-5,8,23H,6-7,15H2,1H3,(H3,16,17,18,19,20,21,22). The summed E-state index contributed by atoms with van der Waals surface area (Å²) in [5, 5.41) is 26.0. The molecule has 1 atom stereocenters. The molecular weight excluding hydrogens is 296 g/mol. The number of rotatable bonds is 6. The summed E-state index contributed by atoms with van der Waals surface area (Å²) in [7, 11) is 0. The number of H-pyrrole nitrogens is 1. The molecule has 0 bridgehead atoms. The summed E-state index contributed by atoms with van der Waals surface area (Å²) in [5.41, 5.74) is 8.66. The van der Waals surface area contributed by atoms with Crippen LogP contribution < -0.4 is 16.4 Å². The van der Waals surface area contributed by atoms with E-state index >= 15 is 0 Å². The van der Waals surface area contributed by atoms with E-state index in [9.17, 15) is 5.11 Å². The maximum Gasteiger partial charge on any atom is 0.226 e. The summed E-state index contributed by atoms with van der Waals surface area (Å²) in [6.07, 6.45) is -0.505. The van der Waals surface area contributed by atoms with Crippen LogP contribution in [-0.2, 0) is 6.54 Å². The number of nitrogens with one attached hydrogen (secondary N) is 3. The van der Waals surface area contributed by atoms with Gasteiger partial charge < -0.3 is 21.5 Å². The van der Waals surface area contributed by atoms with Crippen LogP contribution in [0, 0.1) is 0 Å². The van der Waals surface area contributed by atoms with Crippen LogP contribution >= 0.6 is 0 Å². The highest BCUT2D eigenvalue weighted by molar-refractivity contribution is 5.83. The number of hydrogen-bond donors (Lipinski definition) is 5. The summed E-state index contributed by atoms with van der Waals surface area (Å²) in [4.78, 5) is 8.64. The first-order chi connectivity index (χ1) is 11.1. The molecule has 3 rings (SSSR count). The molecule has 2 aromatic heterocycles. The van der Waals surface area contributed by atoms with Gasteiger partial charge in [-0.15, -0.1) is 5.10 Å². The Hall–Kier alpha value is -2.94. The van der Waals surface area contributed by atoms with Crippen LogP contribution in [0.15, 0.2) is 24.3 Å². The van der Waals surface area contributed by atoms with Crippen LogP contribution in [0.25, 0.3) is 11.2 Å². The van der Waals surface area contributed by atoms with Gasteiger partial charge in [0.15, 0.2) is 17.0 Å². The average Bonchev–Trinajstić information content (AvgIpc) is 3.00. The quantitative estimate of drug-likeness (QED) is 0.420. The van der Waals surface area contributed by atoms with Gasteiger partial charge in [-0.2, -0.15) is 9.97 Å². The Morgan fingerprint density at radius 1 is 1.26 bits per heavy atom. The van der Waals surface area contributed by atoms with Crippen molar-refractivity contribution >= 4 is 28.6 Å². The van der Waals surface area contributed by atoms with Crippen LogP contribution in [0.5, 0.6) is 0 Å². The van der Waals surface area contributed by atoms with Crippen molar-refractivity contribution in [2.75, 3.05) is 22.9 Å². The second-order valence-corrected chi connectivity index (χ2v) is 5.19.